The molecule has 80 valence electrons. The maximum Gasteiger partial charge on any atom is 0.260 e. The minimum Gasteiger partial charge on any atom is -0.347 e. The number of hydrogen-bond donors (Lipinski definition) is 1. The minimum atomic E-state index is -0.357. The summed E-state index contributed by atoms with van der Waals surface area (Å²) in [5.74, 6) is 0.551. The quantitative estimate of drug-likeness (QED) is 0.554. The highest BCUT2D eigenvalue weighted by Gasteiger charge is 2.21. The molecule has 0 amide bonds. The summed E-state index contributed by atoms with van der Waals surface area (Å²) in [6, 6.07) is 1.85. The molecule has 0 atom stereocenters. The monoisotopic (exact) mass is 209 g/mol. The number of nitrogens with one attached hydrogen (secondary N) is 1. The molecule has 2 rings (SSSR count). The highest BCUT2D eigenvalue weighted by molar-refractivity contribution is 5.84. The Morgan fingerprint density at radius 3 is 3.20 bits per heavy atom. The van der Waals surface area contributed by atoms with E-state index in [0.29, 0.717) is 18.9 Å². The fourth-order valence-electron chi connectivity index (χ4n) is 1.54. The van der Waals surface area contributed by atoms with E-state index in [1.807, 2.05) is 11.0 Å². The van der Waals surface area contributed by atoms with Gasteiger partial charge in [0.15, 0.2) is 5.84 Å². The van der Waals surface area contributed by atoms with E-state index >= 15 is 0 Å². The number of H-pyrrole nitrogens is 1. The predicted octanol–water partition coefficient (Wildman–Crippen LogP) is -0.0995. The van der Waals surface area contributed by atoms with Gasteiger partial charge in [-0.15, -0.1) is 0 Å². The summed E-state index contributed by atoms with van der Waals surface area (Å²) in [6.45, 7) is 1.78. The number of rotatable bonds is 4. The zero-order valence-electron chi connectivity index (χ0n) is 8.09. The van der Waals surface area contributed by atoms with Crippen molar-refractivity contribution in [3.05, 3.63) is 28.1 Å². The van der Waals surface area contributed by atoms with Gasteiger partial charge < -0.3 is 4.90 Å². The van der Waals surface area contributed by atoms with Crippen LogP contribution in [0.3, 0.4) is 0 Å². The lowest BCUT2D eigenvalue weighted by molar-refractivity contribution is -0.464. The van der Waals surface area contributed by atoms with Gasteiger partial charge in [0.2, 0.25) is 0 Å². The van der Waals surface area contributed by atoms with Crippen LogP contribution in [-0.4, -0.2) is 45.5 Å². The summed E-state index contributed by atoms with van der Waals surface area (Å²) >= 11 is 0. The van der Waals surface area contributed by atoms with E-state index in [1.165, 1.54) is 0 Å². The van der Waals surface area contributed by atoms with Crippen molar-refractivity contribution in [3.63, 3.8) is 0 Å². The predicted molar refractivity (Wildman–Crippen MR) is 53.2 cm³/mol. The molecule has 1 N–H and O–H groups in total. The lowest BCUT2D eigenvalue weighted by Crippen LogP contribution is -2.32. The van der Waals surface area contributed by atoms with Crippen LogP contribution in [0, 0.1) is 10.1 Å². The van der Waals surface area contributed by atoms with Gasteiger partial charge >= 0.3 is 0 Å². The Morgan fingerprint density at radius 1 is 1.67 bits per heavy atom. The second-order valence-corrected chi connectivity index (χ2v) is 3.29. The van der Waals surface area contributed by atoms with Crippen molar-refractivity contribution in [2.45, 2.75) is 6.54 Å². The van der Waals surface area contributed by atoms with Crippen LogP contribution in [0.5, 0.6) is 0 Å². The van der Waals surface area contributed by atoms with Crippen LogP contribution in [0.2, 0.25) is 0 Å². The van der Waals surface area contributed by atoms with Crippen molar-refractivity contribution in [1.29, 1.82) is 0 Å². The maximum atomic E-state index is 10.4. The number of aromatic amines is 1. The van der Waals surface area contributed by atoms with Crippen LogP contribution in [0.25, 0.3) is 0 Å². The third kappa shape index (κ3) is 2.30. The standard InChI is InChI=1S/C8H11N5O2/c14-13(15)6-8-9-3-4-12(8)5-7-1-2-10-11-7/h1-2H,3-6H2,(H,10,11). The molecule has 0 unspecified atom stereocenters. The molecule has 0 radical (unpaired) electrons. The molecule has 1 aliphatic rings. The molecule has 0 spiro atoms. The van der Waals surface area contributed by atoms with Gasteiger partial charge in [-0.25, -0.2) is 0 Å². The van der Waals surface area contributed by atoms with Crippen molar-refractivity contribution < 1.29 is 4.92 Å². The largest absolute Gasteiger partial charge is 0.347 e. The second kappa shape index (κ2) is 4.07. The van der Waals surface area contributed by atoms with E-state index < -0.39 is 0 Å². The Hall–Kier alpha value is -1.92. The molecule has 0 saturated carbocycles. The van der Waals surface area contributed by atoms with Crippen LogP contribution >= 0.6 is 0 Å². The first-order valence-electron chi connectivity index (χ1n) is 4.64. The molecule has 1 aromatic heterocycles. The van der Waals surface area contributed by atoms with E-state index in [-0.39, 0.29) is 11.5 Å². The molecule has 7 nitrogen and oxygen atoms in total. The molecule has 7 heteroatoms. The van der Waals surface area contributed by atoms with E-state index in [2.05, 4.69) is 15.2 Å². The first kappa shape index (κ1) is 9.63. The molecule has 0 fully saturated rings. The fraction of sp³-hybridized carbons (Fsp3) is 0.500. The number of amidine groups is 1. The summed E-state index contributed by atoms with van der Waals surface area (Å²) in [5.41, 5.74) is 0.938. The molecule has 0 saturated heterocycles. The van der Waals surface area contributed by atoms with E-state index in [4.69, 9.17) is 0 Å². The Kier molecular flexibility index (Phi) is 2.61. The van der Waals surface area contributed by atoms with Gasteiger partial charge in [0.05, 0.1) is 18.8 Å². The third-order valence-electron chi connectivity index (χ3n) is 2.22. The lowest BCUT2D eigenvalue weighted by atomic mass is 10.3. The van der Waals surface area contributed by atoms with Crippen LogP contribution in [0.15, 0.2) is 17.3 Å². The first-order valence-corrected chi connectivity index (χ1v) is 4.64. The minimum absolute atomic E-state index is 0.200. The van der Waals surface area contributed by atoms with Crippen molar-refractivity contribution >= 4 is 5.84 Å². The Balaban J connectivity index is 1.98. The normalized spacial score (nSPS) is 15.5. The van der Waals surface area contributed by atoms with Gasteiger partial charge in [-0.3, -0.25) is 20.2 Å². The van der Waals surface area contributed by atoms with E-state index in [0.717, 1.165) is 12.2 Å². The van der Waals surface area contributed by atoms with E-state index in [9.17, 15) is 10.1 Å². The summed E-state index contributed by atoms with van der Waals surface area (Å²) in [4.78, 5) is 16.0. The zero-order chi connectivity index (χ0) is 10.7. The molecular weight excluding hydrogens is 198 g/mol. The Bertz CT molecular complexity index is 372. The summed E-state index contributed by atoms with van der Waals surface area (Å²) in [6.07, 6.45) is 1.66. The zero-order valence-corrected chi connectivity index (χ0v) is 8.09. The number of nitro groups is 1. The molecule has 0 bridgehead atoms. The lowest BCUT2D eigenvalue weighted by Gasteiger charge is -2.16. The highest BCUT2D eigenvalue weighted by atomic mass is 16.6. The first-order chi connectivity index (χ1) is 7.25. The fourth-order valence-corrected chi connectivity index (χ4v) is 1.54. The second-order valence-electron chi connectivity index (χ2n) is 3.29. The molecule has 1 aromatic rings. The number of nitrogens with zero attached hydrogens (tertiary/aromatic N) is 4. The smallest absolute Gasteiger partial charge is 0.260 e. The summed E-state index contributed by atoms with van der Waals surface area (Å²) in [7, 11) is 0. The van der Waals surface area contributed by atoms with Gasteiger partial charge in [0.25, 0.3) is 6.54 Å². The topological polar surface area (TPSA) is 87.4 Å². The van der Waals surface area contributed by atoms with Crippen molar-refractivity contribution in [3.8, 4) is 0 Å². The van der Waals surface area contributed by atoms with Crippen molar-refractivity contribution in [2.75, 3.05) is 19.6 Å². The molecular formula is C8H11N5O2. The molecule has 1 aliphatic heterocycles. The molecule has 2 heterocycles. The van der Waals surface area contributed by atoms with Crippen molar-refractivity contribution in [2.24, 2.45) is 4.99 Å². The summed E-state index contributed by atoms with van der Waals surface area (Å²) in [5, 5.41) is 17.0. The highest BCUT2D eigenvalue weighted by Crippen LogP contribution is 2.07. The number of hydrogen-bond acceptors (Lipinski definition) is 5. The molecule has 0 aliphatic carbocycles. The van der Waals surface area contributed by atoms with Gasteiger partial charge in [0.1, 0.15) is 0 Å². The third-order valence-corrected chi connectivity index (χ3v) is 2.22. The molecule has 0 aromatic carbocycles. The average molecular weight is 209 g/mol. The summed E-state index contributed by atoms with van der Waals surface area (Å²) < 4.78 is 0. The Labute approximate surface area is 86.0 Å². The van der Waals surface area contributed by atoms with Gasteiger partial charge in [-0.2, -0.15) is 5.10 Å². The van der Waals surface area contributed by atoms with Crippen LogP contribution < -0.4 is 0 Å². The van der Waals surface area contributed by atoms with Gasteiger partial charge in [0, 0.05) is 17.7 Å². The van der Waals surface area contributed by atoms with Gasteiger partial charge in [-0.05, 0) is 6.07 Å². The maximum absolute atomic E-state index is 10.4. The Morgan fingerprint density at radius 2 is 2.53 bits per heavy atom. The van der Waals surface area contributed by atoms with Gasteiger partial charge in [-0.1, -0.05) is 0 Å². The van der Waals surface area contributed by atoms with Crippen LogP contribution in [0.1, 0.15) is 5.69 Å². The van der Waals surface area contributed by atoms with Crippen LogP contribution in [-0.2, 0) is 6.54 Å². The SMILES string of the molecule is O=[N+]([O-])CC1=NCCN1Cc1ccn[nH]1. The number of aromatic nitrogens is 2. The van der Waals surface area contributed by atoms with E-state index in [1.54, 1.807) is 6.20 Å². The average Bonchev–Trinajstić information content (AvgIpc) is 2.78. The number of aliphatic imine (C=N–C) groups is 1. The van der Waals surface area contributed by atoms with Crippen LogP contribution in [0.4, 0.5) is 0 Å². The van der Waals surface area contributed by atoms with Crippen molar-refractivity contribution in [1.82, 2.24) is 15.1 Å². The molecule has 15 heavy (non-hydrogen) atoms.